The van der Waals surface area contributed by atoms with Crippen LogP contribution in [0.2, 0.25) is 0 Å². The van der Waals surface area contributed by atoms with Gasteiger partial charge in [-0.2, -0.15) is 0 Å². The molecule has 0 amide bonds. The molecule has 1 unspecified atom stereocenters. The van der Waals surface area contributed by atoms with Crippen LogP contribution < -0.4 is 15.4 Å². The average molecular weight is 345 g/mol. The van der Waals surface area contributed by atoms with Gasteiger partial charge in [0.05, 0.1) is 13.2 Å². The van der Waals surface area contributed by atoms with Crippen LogP contribution in [0.3, 0.4) is 0 Å². The molecule has 1 saturated heterocycles. The van der Waals surface area contributed by atoms with E-state index in [2.05, 4.69) is 44.8 Å². The Morgan fingerprint density at radius 3 is 2.72 bits per heavy atom. The largest absolute Gasteiger partial charge is 0.496 e. The van der Waals surface area contributed by atoms with Crippen LogP contribution in [-0.4, -0.2) is 51.2 Å². The topological polar surface area (TPSA) is 48.9 Å². The van der Waals surface area contributed by atoms with Crippen molar-refractivity contribution >= 4 is 5.96 Å². The quantitative estimate of drug-likeness (QED) is 0.329. The van der Waals surface area contributed by atoms with Crippen LogP contribution in [0.4, 0.5) is 0 Å². The highest BCUT2D eigenvalue weighted by atomic mass is 16.5. The van der Waals surface area contributed by atoms with Gasteiger partial charge in [0.1, 0.15) is 5.75 Å². The molecule has 1 aromatic carbocycles. The molecular formula is C20H32N4O. The van der Waals surface area contributed by atoms with E-state index < -0.39 is 0 Å². The van der Waals surface area contributed by atoms with Gasteiger partial charge in [0, 0.05) is 25.7 Å². The van der Waals surface area contributed by atoms with Crippen molar-refractivity contribution in [2.75, 3.05) is 40.3 Å². The Morgan fingerprint density at radius 2 is 2.04 bits per heavy atom. The van der Waals surface area contributed by atoms with E-state index >= 15 is 0 Å². The fourth-order valence-electron chi connectivity index (χ4n) is 3.29. The third-order valence-electron chi connectivity index (χ3n) is 4.60. The van der Waals surface area contributed by atoms with E-state index in [1.165, 1.54) is 18.4 Å². The molecule has 0 saturated carbocycles. The summed E-state index contributed by atoms with van der Waals surface area (Å²) in [6.45, 7) is 6.01. The molecule has 1 atom stereocenters. The molecule has 25 heavy (non-hydrogen) atoms. The number of allylic oxidation sites excluding steroid dienone is 1. The first-order valence-corrected chi connectivity index (χ1v) is 9.22. The minimum atomic E-state index is 0.285. The summed E-state index contributed by atoms with van der Waals surface area (Å²) in [5, 5.41) is 6.86. The highest BCUT2D eigenvalue weighted by Gasteiger charge is 2.25. The first-order valence-electron chi connectivity index (χ1n) is 9.22. The number of methoxy groups -OCH3 is 1. The Labute approximate surface area is 152 Å². The number of nitrogens with one attached hydrogen (secondary N) is 2. The first-order chi connectivity index (χ1) is 12.3. The molecule has 0 bridgehead atoms. The summed E-state index contributed by atoms with van der Waals surface area (Å²) >= 11 is 0. The van der Waals surface area contributed by atoms with Crippen molar-refractivity contribution < 1.29 is 4.74 Å². The van der Waals surface area contributed by atoms with E-state index in [1.807, 2.05) is 26.1 Å². The van der Waals surface area contributed by atoms with Gasteiger partial charge >= 0.3 is 0 Å². The number of aliphatic imine (C=N–C) groups is 1. The molecule has 0 spiro atoms. The molecule has 0 radical (unpaired) electrons. The van der Waals surface area contributed by atoms with Crippen LogP contribution in [0, 0.1) is 0 Å². The Balaban J connectivity index is 2.03. The summed E-state index contributed by atoms with van der Waals surface area (Å²) in [6.07, 6.45) is 7.76. The third-order valence-corrected chi connectivity index (χ3v) is 4.60. The molecule has 2 rings (SSSR count). The second kappa shape index (κ2) is 10.8. The summed E-state index contributed by atoms with van der Waals surface area (Å²) < 4.78 is 5.60. The number of nitrogens with zero attached hydrogens (tertiary/aromatic N) is 2. The van der Waals surface area contributed by atoms with Gasteiger partial charge in [0.25, 0.3) is 0 Å². The zero-order valence-electron chi connectivity index (χ0n) is 15.8. The molecule has 2 N–H and O–H groups in total. The van der Waals surface area contributed by atoms with Crippen molar-refractivity contribution in [2.24, 2.45) is 4.99 Å². The van der Waals surface area contributed by atoms with Gasteiger partial charge in [-0.3, -0.25) is 9.89 Å². The number of ether oxygens (including phenoxy) is 1. The fourth-order valence-corrected chi connectivity index (χ4v) is 3.29. The van der Waals surface area contributed by atoms with Crippen molar-refractivity contribution in [1.82, 2.24) is 15.5 Å². The number of benzene rings is 1. The summed E-state index contributed by atoms with van der Waals surface area (Å²) in [4.78, 5) is 6.88. The van der Waals surface area contributed by atoms with Crippen molar-refractivity contribution in [2.45, 2.75) is 32.2 Å². The molecule has 5 heteroatoms. The SMILES string of the molecule is C/C=C/CCNC(=NC)NCC(c1ccccc1OC)N1CCCC1. The Bertz CT molecular complexity index is 565. The third kappa shape index (κ3) is 5.78. The lowest BCUT2D eigenvalue weighted by atomic mass is 10.0. The maximum Gasteiger partial charge on any atom is 0.191 e. The number of guanidine groups is 1. The summed E-state index contributed by atoms with van der Waals surface area (Å²) in [5.41, 5.74) is 1.24. The van der Waals surface area contributed by atoms with Gasteiger partial charge in [-0.1, -0.05) is 30.4 Å². The van der Waals surface area contributed by atoms with E-state index in [0.29, 0.717) is 0 Å². The molecule has 1 aromatic rings. The molecule has 1 aliphatic heterocycles. The Morgan fingerprint density at radius 1 is 1.28 bits per heavy atom. The molecule has 5 nitrogen and oxygen atoms in total. The van der Waals surface area contributed by atoms with Crippen LogP contribution in [-0.2, 0) is 0 Å². The summed E-state index contributed by atoms with van der Waals surface area (Å²) in [5.74, 6) is 1.81. The maximum atomic E-state index is 5.60. The van der Waals surface area contributed by atoms with E-state index in [0.717, 1.165) is 44.3 Å². The predicted octanol–water partition coefficient (Wildman–Crippen LogP) is 2.96. The van der Waals surface area contributed by atoms with E-state index in [-0.39, 0.29) is 6.04 Å². The lowest BCUT2D eigenvalue weighted by molar-refractivity contribution is 0.239. The Kier molecular flexibility index (Phi) is 8.32. The van der Waals surface area contributed by atoms with Crippen LogP contribution in [0.1, 0.15) is 37.8 Å². The van der Waals surface area contributed by atoms with E-state index in [9.17, 15) is 0 Å². The van der Waals surface area contributed by atoms with Gasteiger partial charge in [0.15, 0.2) is 5.96 Å². The molecule has 0 aliphatic carbocycles. The second-order valence-corrected chi connectivity index (χ2v) is 6.24. The molecule has 1 aliphatic rings. The molecule has 0 aromatic heterocycles. The Hall–Kier alpha value is -2.01. The van der Waals surface area contributed by atoms with Crippen molar-refractivity contribution in [1.29, 1.82) is 0 Å². The smallest absolute Gasteiger partial charge is 0.191 e. The van der Waals surface area contributed by atoms with Crippen LogP contribution >= 0.6 is 0 Å². The molecule has 1 heterocycles. The molecular weight excluding hydrogens is 312 g/mol. The van der Waals surface area contributed by atoms with Gasteiger partial charge in [0.2, 0.25) is 0 Å². The van der Waals surface area contributed by atoms with Crippen molar-refractivity contribution in [3.05, 3.63) is 42.0 Å². The van der Waals surface area contributed by atoms with Crippen molar-refractivity contribution in [3.8, 4) is 5.75 Å². The minimum absolute atomic E-state index is 0.285. The van der Waals surface area contributed by atoms with E-state index in [1.54, 1.807) is 7.11 Å². The lowest BCUT2D eigenvalue weighted by Crippen LogP contribution is -2.43. The zero-order valence-corrected chi connectivity index (χ0v) is 15.8. The molecule has 138 valence electrons. The maximum absolute atomic E-state index is 5.60. The average Bonchev–Trinajstić information content (AvgIpc) is 3.18. The van der Waals surface area contributed by atoms with Gasteiger partial charge in [-0.25, -0.2) is 0 Å². The first kappa shape index (κ1) is 19.3. The summed E-state index contributed by atoms with van der Waals surface area (Å²) in [7, 11) is 3.56. The van der Waals surface area contributed by atoms with Crippen molar-refractivity contribution in [3.63, 3.8) is 0 Å². The monoisotopic (exact) mass is 344 g/mol. The number of hydrogen-bond acceptors (Lipinski definition) is 3. The standard InChI is InChI=1S/C20H32N4O/c1-4-5-8-13-22-20(21-2)23-16-18(24-14-9-10-15-24)17-11-6-7-12-19(17)25-3/h4-7,11-12,18H,8-10,13-16H2,1-3H3,(H2,21,22,23)/b5-4+. The minimum Gasteiger partial charge on any atom is -0.496 e. The lowest BCUT2D eigenvalue weighted by Gasteiger charge is -2.30. The van der Waals surface area contributed by atoms with Gasteiger partial charge < -0.3 is 15.4 Å². The van der Waals surface area contributed by atoms with Crippen LogP contribution in [0.15, 0.2) is 41.4 Å². The van der Waals surface area contributed by atoms with Gasteiger partial charge in [-0.05, 0) is 45.3 Å². The van der Waals surface area contributed by atoms with Crippen LogP contribution in [0.5, 0.6) is 5.75 Å². The van der Waals surface area contributed by atoms with Crippen LogP contribution in [0.25, 0.3) is 0 Å². The number of rotatable bonds is 8. The second-order valence-electron chi connectivity index (χ2n) is 6.24. The predicted molar refractivity (Wildman–Crippen MR) is 105 cm³/mol. The highest BCUT2D eigenvalue weighted by Crippen LogP contribution is 2.31. The number of para-hydroxylation sites is 1. The zero-order chi connectivity index (χ0) is 17.9. The normalized spacial score (nSPS) is 17.0. The summed E-state index contributed by atoms with van der Waals surface area (Å²) in [6, 6.07) is 8.62. The number of hydrogen-bond donors (Lipinski definition) is 2. The van der Waals surface area contributed by atoms with E-state index in [4.69, 9.17) is 4.74 Å². The highest BCUT2D eigenvalue weighted by molar-refractivity contribution is 5.79. The number of likely N-dealkylation sites (tertiary alicyclic amines) is 1. The molecule has 1 fully saturated rings. The fraction of sp³-hybridized carbons (Fsp3) is 0.550. The van der Waals surface area contributed by atoms with Gasteiger partial charge in [-0.15, -0.1) is 0 Å².